The van der Waals surface area contributed by atoms with Crippen molar-refractivity contribution in [3.63, 3.8) is 0 Å². The predicted octanol–water partition coefficient (Wildman–Crippen LogP) is 0.923. The molecular weight excluding hydrogens is 358 g/mol. The van der Waals surface area contributed by atoms with E-state index in [0.29, 0.717) is 31.2 Å². The molecule has 3 atom stereocenters. The van der Waals surface area contributed by atoms with Crippen molar-refractivity contribution >= 4 is 28.3 Å². The number of carbonyl (C=O) groups excluding carboxylic acids is 2. The van der Waals surface area contributed by atoms with Gasteiger partial charge in [0, 0.05) is 30.7 Å². The number of nitrogens with zero attached hydrogens (tertiary/aromatic N) is 1. The van der Waals surface area contributed by atoms with Crippen molar-refractivity contribution < 1.29 is 24.2 Å². The lowest BCUT2D eigenvalue weighted by Crippen LogP contribution is -2.52. The number of thiazole rings is 1. The standard InChI is InChI=1S/C17H25N3O5S/c21-10-14-13(19-16(23)11-3-6-24-7-4-11)2-1-12(25-14)9-15(22)20-17-18-5-8-26-17/h5,8,11-14,21H,1-4,6-7,9-10H2,(H,19,23)(H,18,20,22)/t12-,13+,14-/m0/s1. The third-order valence-corrected chi connectivity index (χ3v) is 5.50. The Morgan fingerprint density at radius 3 is 2.77 bits per heavy atom. The molecule has 3 heterocycles. The van der Waals surface area contributed by atoms with Crippen molar-refractivity contribution in [3.05, 3.63) is 11.6 Å². The van der Waals surface area contributed by atoms with Crippen LogP contribution in [-0.2, 0) is 19.1 Å². The molecule has 0 radical (unpaired) electrons. The van der Waals surface area contributed by atoms with E-state index >= 15 is 0 Å². The van der Waals surface area contributed by atoms with Crippen LogP contribution in [-0.4, -0.2) is 60.0 Å². The van der Waals surface area contributed by atoms with Crippen LogP contribution in [0.3, 0.4) is 0 Å². The minimum atomic E-state index is -0.495. The molecule has 8 nitrogen and oxygen atoms in total. The summed E-state index contributed by atoms with van der Waals surface area (Å²) < 4.78 is 11.1. The Morgan fingerprint density at radius 1 is 1.27 bits per heavy atom. The molecule has 26 heavy (non-hydrogen) atoms. The van der Waals surface area contributed by atoms with E-state index in [1.54, 1.807) is 11.6 Å². The van der Waals surface area contributed by atoms with Crippen molar-refractivity contribution in [2.45, 2.75) is 50.4 Å². The second kappa shape index (κ2) is 9.40. The fourth-order valence-corrected chi connectivity index (χ4v) is 3.91. The van der Waals surface area contributed by atoms with Crippen molar-refractivity contribution in [2.24, 2.45) is 5.92 Å². The zero-order valence-electron chi connectivity index (χ0n) is 14.6. The lowest BCUT2D eigenvalue weighted by Gasteiger charge is -2.36. The molecule has 2 saturated heterocycles. The first kappa shape index (κ1) is 19.2. The summed E-state index contributed by atoms with van der Waals surface area (Å²) in [5, 5.41) is 17.7. The van der Waals surface area contributed by atoms with E-state index in [9.17, 15) is 14.7 Å². The van der Waals surface area contributed by atoms with Gasteiger partial charge in [0.05, 0.1) is 25.2 Å². The Labute approximate surface area is 156 Å². The number of aliphatic hydroxyl groups is 1. The lowest BCUT2D eigenvalue weighted by molar-refractivity contribution is -0.137. The van der Waals surface area contributed by atoms with Crippen LogP contribution in [0.25, 0.3) is 0 Å². The van der Waals surface area contributed by atoms with E-state index in [-0.39, 0.29) is 42.9 Å². The first-order chi connectivity index (χ1) is 12.7. The summed E-state index contributed by atoms with van der Waals surface area (Å²) in [6.45, 7) is 1.03. The Balaban J connectivity index is 1.46. The number of rotatable bonds is 6. The topological polar surface area (TPSA) is 110 Å². The van der Waals surface area contributed by atoms with Crippen molar-refractivity contribution in [2.75, 3.05) is 25.1 Å². The van der Waals surface area contributed by atoms with E-state index in [2.05, 4.69) is 15.6 Å². The first-order valence-corrected chi connectivity index (χ1v) is 9.87. The maximum absolute atomic E-state index is 12.4. The molecule has 9 heteroatoms. The predicted molar refractivity (Wildman–Crippen MR) is 95.8 cm³/mol. The van der Waals surface area contributed by atoms with Crippen LogP contribution in [0.15, 0.2) is 11.6 Å². The zero-order chi connectivity index (χ0) is 18.4. The fraction of sp³-hybridized carbons (Fsp3) is 0.706. The van der Waals surface area contributed by atoms with Gasteiger partial charge in [0.1, 0.15) is 6.10 Å². The van der Waals surface area contributed by atoms with Crippen LogP contribution in [0.1, 0.15) is 32.1 Å². The molecule has 2 aliphatic rings. The van der Waals surface area contributed by atoms with Gasteiger partial charge in [-0.15, -0.1) is 11.3 Å². The van der Waals surface area contributed by atoms with Crippen LogP contribution in [0.4, 0.5) is 5.13 Å². The quantitative estimate of drug-likeness (QED) is 0.674. The zero-order valence-corrected chi connectivity index (χ0v) is 15.4. The number of amides is 2. The highest BCUT2D eigenvalue weighted by Crippen LogP contribution is 2.24. The fourth-order valence-electron chi connectivity index (χ4n) is 3.37. The molecule has 0 spiro atoms. The normalized spacial score (nSPS) is 27.0. The van der Waals surface area contributed by atoms with Gasteiger partial charge in [0.25, 0.3) is 0 Å². The third-order valence-electron chi connectivity index (χ3n) is 4.81. The van der Waals surface area contributed by atoms with E-state index in [4.69, 9.17) is 9.47 Å². The molecule has 3 N–H and O–H groups in total. The maximum atomic E-state index is 12.4. The van der Waals surface area contributed by atoms with Crippen molar-refractivity contribution in [3.8, 4) is 0 Å². The molecule has 0 aromatic carbocycles. The van der Waals surface area contributed by atoms with Gasteiger partial charge in [0.15, 0.2) is 5.13 Å². The Morgan fingerprint density at radius 2 is 2.08 bits per heavy atom. The number of hydrogen-bond donors (Lipinski definition) is 3. The summed E-state index contributed by atoms with van der Waals surface area (Å²) in [5.74, 6) is -0.198. The summed E-state index contributed by atoms with van der Waals surface area (Å²) >= 11 is 1.36. The average Bonchev–Trinajstić information content (AvgIpc) is 3.16. The monoisotopic (exact) mass is 383 g/mol. The molecule has 0 unspecified atom stereocenters. The number of nitrogens with one attached hydrogen (secondary N) is 2. The van der Waals surface area contributed by atoms with Gasteiger partial charge in [-0.1, -0.05) is 0 Å². The van der Waals surface area contributed by atoms with Crippen LogP contribution >= 0.6 is 11.3 Å². The molecule has 2 amide bonds. The largest absolute Gasteiger partial charge is 0.394 e. The van der Waals surface area contributed by atoms with Crippen LogP contribution in [0.2, 0.25) is 0 Å². The number of carbonyl (C=O) groups is 2. The molecule has 2 aliphatic heterocycles. The van der Waals surface area contributed by atoms with E-state index < -0.39 is 6.10 Å². The summed E-state index contributed by atoms with van der Waals surface area (Å²) in [4.78, 5) is 28.5. The number of aliphatic hydroxyl groups excluding tert-OH is 1. The van der Waals surface area contributed by atoms with Gasteiger partial charge in [-0.05, 0) is 25.7 Å². The van der Waals surface area contributed by atoms with Gasteiger partial charge in [-0.25, -0.2) is 4.98 Å². The van der Waals surface area contributed by atoms with Gasteiger partial charge < -0.3 is 25.2 Å². The van der Waals surface area contributed by atoms with E-state index in [1.807, 2.05) is 0 Å². The summed E-state index contributed by atoms with van der Waals surface area (Å²) in [7, 11) is 0. The Hall–Kier alpha value is -1.55. The molecule has 0 saturated carbocycles. The minimum absolute atomic E-state index is 0.000290. The smallest absolute Gasteiger partial charge is 0.228 e. The highest BCUT2D eigenvalue weighted by molar-refractivity contribution is 7.13. The van der Waals surface area contributed by atoms with Gasteiger partial charge in [0.2, 0.25) is 11.8 Å². The number of aromatic nitrogens is 1. The summed E-state index contributed by atoms with van der Waals surface area (Å²) in [6, 6.07) is -0.228. The third kappa shape index (κ3) is 5.23. The molecule has 2 fully saturated rings. The second-order valence-electron chi connectivity index (χ2n) is 6.65. The Bertz CT molecular complexity index is 591. The SMILES string of the molecule is O=C(C[C@@H]1CC[C@@H](NC(=O)C2CCOCC2)[C@H](CO)O1)Nc1nccs1. The lowest BCUT2D eigenvalue weighted by atomic mass is 9.94. The highest BCUT2D eigenvalue weighted by atomic mass is 32.1. The highest BCUT2D eigenvalue weighted by Gasteiger charge is 2.34. The molecule has 1 aromatic rings. The molecule has 0 bridgehead atoms. The van der Waals surface area contributed by atoms with Crippen LogP contribution < -0.4 is 10.6 Å². The van der Waals surface area contributed by atoms with E-state index in [0.717, 1.165) is 12.8 Å². The average molecular weight is 383 g/mol. The molecule has 0 aliphatic carbocycles. The van der Waals surface area contributed by atoms with Gasteiger partial charge in [-0.3, -0.25) is 9.59 Å². The molecule has 144 valence electrons. The summed E-state index contributed by atoms with van der Waals surface area (Å²) in [6.07, 6.45) is 3.84. The maximum Gasteiger partial charge on any atom is 0.228 e. The van der Waals surface area contributed by atoms with Crippen molar-refractivity contribution in [1.82, 2.24) is 10.3 Å². The van der Waals surface area contributed by atoms with Gasteiger partial charge >= 0.3 is 0 Å². The molecule has 1 aromatic heterocycles. The first-order valence-electron chi connectivity index (χ1n) is 8.99. The molecular formula is C17H25N3O5S. The van der Waals surface area contributed by atoms with Crippen LogP contribution in [0, 0.1) is 5.92 Å². The Kier molecular flexibility index (Phi) is 6.95. The second-order valence-corrected chi connectivity index (χ2v) is 7.54. The van der Waals surface area contributed by atoms with E-state index in [1.165, 1.54) is 11.3 Å². The molecule has 3 rings (SSSR count). The number of hydrogen-bond acceptors (Lipinski definition) is 7. The number of anilines is 1. The summed E-state index contributed by atoms with van der Waals surface area (Å²) in [5.41, 5.74) is 0. The minimum Gasteiger partial charge on any atom is -0.394 e. The van der Waals surface area contributed by atoms with Gasteiger partial charge in [-0.2, -0.15) is 0 Å². The number of ether oxygens (including phenoxy) is 2. The van der Waals surface area contributed by atoms with Crippen LogP contribution in [0.5, 0.6) is 0 Å². The van der Waals surface area contributed by atoms with Crippen molar-refractivity contribution in [1.29, 1.82) is 0 Å².